The smallest absolute Gasteiger partial charge is 0.258 e. The maximum Gasteiger partial charge on any atom is 0.304 e. The zero-order valence-corrected chi connectivity index (χ0v) is 11.8. The van der Waals surface area contributed by atoms with Crippen molar-refractivity contribution >= 4 is 15.7 Å². The molecular formula is C12H15FN2O4S. The van der Waals surface area contributed by atoms with E-state index in [2.05, 4.69) is 6.92 Å². The predicted octanol–water partition coefficient (Wildman–Crippen LogP) is 2.15. The van der Waals surface area contributed by atoms with Crippen LogP contribution >= 0.6 is 0 Å². The third-order valence-electron chi connectivity index (χ3n) is 3.50. The summed E-state index contributed by atoms with van der Waals surface area (Å²) in [6, 6.07) is 2.68. The van der Waals surface area contributed by atoms with E-state index in [9.17, 15) is 22.9 Å². The number of hydrogen-bond acceptors (Lipinski definition) is 4. The average molecular weight is 302 g/mol. The molecule has 1 aliphatic heterocycles. The fourth-order valence-electron chi connectivity index (χ4n) is 2.17. The van der Waals surface area contributed by atoms with E-state index in [0.29, 0.717) is 25.1 Å². The van der Waals surface area contributed by atoms with E-state index in [0.717, 1.165) is 25.0 Å². The van der Waals surface area contributed by atoms with Crippen LogP contribution in [0.15, 0.2) is 23.1 Å². The highest BCUT2D eigenvalue weighted by atomic mass is 32.2. The van der Waals surface area contributed by atoms with Gasteiger partial charge in [0.1, 0.15) is 0 Å². The highest BCUT2D eigenvalue weighted by Gasteiger charge is 2.29. The summed E-state index contributed by atoms with van der Waals surface area (Å²) in [5.74, 6) is -0.670. The second kappa shape index (κ2) is 5.45. The Balaban J connectivity index is 2.30. The maximum atomic E-state index is 13.5. The van der Waals surface area contributed by atoms with Crippen molar-refractivity contribution in [3.05, 3.63) is 34.1 Å². The van der Waals surface area contributed by atoms with E-state index in [-0.39, 0.29) is 4.90 Å². The van der Waals surface area contributed by atoms with Gasteiger partial charge in [-0.05, 0) is 24.8 Å². The Hall–Kier alpha value is -1.54. The number of nitrogens with zero attached hydrogens (tertiary/aromatic N) is 2. The third kappa shape index (κ3) is 2.80. The molecule has 1 aliphatic rings. The molecule has 8 heteroatoms. The monoisotopic (exact) mass is 302 g/mol. The minimum absolute atomic E-state index is 0.241. The summed E-state index contributed by atoms with van der Waals surface area (Å²) in [6.45, 7) is 2.83. The molecule has 0 amide bonds. The number of piperidine rings is 1. The average Bonchev–Trinajstić information content (AvgIpc) is 2.38. The Morgan fingerprint density at radius 2 is 1.95 bits per heavy atom. The van der Waals surface area contributed by atoms with E-state index >= 15 is 0 Å². The molecule has 0 atom stereocenters. The Labute approximate surface area is 116 Å². The van der Waals surface area contributed by atoms with E-state index in [1.807, 2.05) is 0 Å². The zero-order valence-electron chi connectivity index (χ0n) is 11.0. The van der Waals surface area contributed by atoms with Crippen LogP contribution in [0.25, 0.3) is 0 Å². The van der Waals surface area contributed by atoms with Gasteiger partial charge in [-0.25, -0.2) is 8.42 Å². The van der Waals surface area contributed by atoms with Gasteiger partial charge in [0, 0.05) is 25.2 Å². The molecule has 0 saturated carbocycles. The molecule has 110 valence electrons. The third-order valence-corrected chi connectivity index (χ3v) is 5.39. The van der Waals surface area contributed by atoms with Crippen molar-refractivity contribution in [3.63, 3.8) is 0 Å². The summed E-state index contributed by atoms with van der Waals surface area (Å²) in [6.07, 6.45) is 1.52. The van der Waals surface area contributed by atoms with Gasteiger partial charge in [-0.3, -0.25) is 10.1 Å². The lowest BCUT2D eigenvalue weighted by molar-refractivity contribution is -0.387. The van der Waals surface area contributed by atoms with Gasteiger partial charge in [0.15, 0.2) is 0 Å². The number of sulfonamides is 1. The Morgan fingerprint density at radius 3 is 2.45 bits per heavy atom. The molecule has 0 spiro atoms. The quantitative estimate of drug-likeness (QED) is 0.633. The fraction of sp³-hybridized carbons (Fsp3) is 0.500. The molecule has 1 heterocycles. The lowest BCUT2D eigenvalue weighted by atomic mass is 10.0. The fourth-order valence-corrected chi connectivity index (χ4v) is 3.65. The van der Waals surface area contributed by atoms with Crippen LogP contribution in [-0.2, 0) is 10.0 Å². The summed E-state index contributed by atoms with van der Waals surface area (Å²) in [5, 5.41) is 10.5. The molecule has 0 aromatic heterocycles. The molecule has 0 radical (unpaired) electrons. The zero-order chi connectivity index (χ0) is 14.9. The molecule has 0 N–H and O–H groups in total. The molecule has 0 aliphatic carbocycles. The molecule has 20 heavy (non-hydrogen) atoms. The number of benzene rings is 1. The topological polar surface area (TPSA) is 80.5 Å². The van der Waals surface area contributed by atoms with E-state index < -0.39 is 26.5 Å². The Morgan fingerprint density at radius 1 is 1.35 bits per heavy atom. The summed E-state index contributed by atoms with van der Waals surface area (Å²) in [4.78, 5) is 9.40. The first-order valence-electron chi connectivity index (χ1n) is 6.26. The van der Waals surface area contributed by atoms with Crippen molar-refractivity contribution < 1.29 is 17.7 Å². The van der Waals surface area contributed by atoms with Crippen molar-refractivity contribution in [3.8, 4) is 0 Å². The first-order valence-corrected chi connectivity index (χ1v) is 7.70. The van der Waals surface area contributed by atoms with Crippen LogP contribution in [0.2, 0.25) is 0 Å². The van der Waals surface area contributed by atoms with E-state index in [1.165, 1.54) is 4.31 Å². The van der Waals surface area contributed by atoms with Crippen LogP contribution in [0, 0.1) is 21.8 Å². The van der Waals surface area contributed by atoms with Crippen molar-refractivity contribution in [2.45, 2.75) is 24.7 Å². The second-order valence-corrected chi connectivity index (χ2v) is 6.89. The van der Waals surface area contributed by atoms with Crippen LogP contribution in [0.4, 0.5) is 10.1 Å². The van der Waals surface area contributed by atoms with Gasteiger partial charge in [0.25, 0.3) is 0 Å². The van der Waals surface area contributed by atoms with Crippen LogP contribution in [0.5, 0.6) is 0 Å². The minimum atomic E-state index is -3.78. The van der Waals surface area contributed by atoms with Gasteiger partial charge in [0.05, 0.1) is 9.82 Å². The lowest BCUT2D eigenvalue weighted by Crippen LogP contribution is -2.37. The molecule has 1 fully saturated rings. The van der Waals surface area contributed by atoms with E-state index in [1.54, 1.807) is 0 Å². The molecule has 0 bridgehead atoms. The van der Waals surface area contributed by atoms with Crippen LogP contribution in [0.3, 0.4) is 0 Å². The molecule has 2 rings (SSSR count). The van der Waals surface area contributed by atoms with E-state index in [4.69, 9.17) is 0 Å². The number of halogens is 1. The van der Waals surface area contributed by atoms with Crippen LogP contribution in [-0.4, -0.2) is 30.7 Å². The normalized spacial score (nSPS) is 18.1. The largest absolute Gasteiger partial charge is 0.304 e. The van der Waals surface area contributed by atoms with Gasteiger partial charge in [-0.1, -0.05) is 6.92 Å². The number of nitro groups is 1. The summed E-state index contributed by atoms with van der Waals surface area (Å²) >= 11 is 0. The van der Waals surface area contributed by atoms with Crippen molar-refractivity contribution in [1.82, 2.24) is 4.31 Å². The SMILES string of the molecule is CC1CCN(S(=O)(=O)c2ccc([N+](=O)[O-])c(F)c2)CC1. The Kier molecular flexibility index (Phi) is 4.05. The van der Waals surface area contributed by atoms with Crippen molar-refractivity contribution in [1.29, 1.82) is 0 Å². The minimum Gasteiger partial charge on any atom is -0.258 e. The molecular weight excluding hydrogens is 287 g/mol. The van der Waals surface area contributed by atoms with Gasteiger partial charge >= 0.3 is 5.69 Å². The highest BCUT2D eigenvalue weighted by Crippen LogP contribution is 2.26. The van der Waals surface area contributed by atoms with Gasteiger partial charge in [-0.2, -0.15) is 8.70 Å². The van der Waals surface area contributed by atoms with Crippen LogP contribution in [0.1, 0.15) is 19.8 Å². The highest BCUT2D eigenvalue weighted by molar-refractivity contribution is 7.89. The maximum absolute atomic E-state index is 13.5. The Bertz CT molecular complexity index is 624. The molecule has 1 aromatic carbocycles. The predicted molar refractivity (Wildman–Crippen MR) is 70.2 cm³/mol. The standard InChI is InChI=1S/C12H15FN2O4S/c1-9-4-6-14(7-5-9)20(18,19)10-2-3-12(15(16)17)11(13)8-10/h2-3,8-9H,4-7H2,1H3. The number of hydrogen-bond donors (Lipinski definition) is 0. The van der Waals surface area contributed by atoms with Crippen molar-refractivity contribution in [2.75, 3.05) is 13.1 Å². The lowest BCUT2D eigenvalue weighted by Gasteiger charge is -2.29. The van der Waals surface area contributed by atoms with Crippen molar-refractivity contribution in [2.24, 2.45) is 5.92 Å². The molecule has 1 saturated heterocycles. The first-order chi connectivity index (χ1) is 9.32. The second-order valence-electron chi connectivity index (χ2n) is 4.96. The summed E-state index contributed by atoms with van der Waals surface area (Å²) in [7, 11) is -3.78. The van der Waals surface area contributed by atoms with Gasteiger partial charge in [-0.15, -0.1) is 0 Å². The molecule has 1 aromatic rings. The van der Waals surface area contributed by atoms with Gasteiger partial charge in [0.2, 0.25) is 15.8 Å². The van der Waals surface area contributed by atoms with Crippen LogP contribution < -0.4 is 0 Å². The molecule has 0 unspecified atom stereocenters. The number of rotatable bonds is 3. The van der Waals surface area contributed by atoms with Gasteiger partial charge < -0.3 is 0 Å². The summed E-state index contributed by atoms with van der Waals surface area (Å²) < 4.78 is 39.5. The molecule has 6 nitrogen and oxygen atoms in total. The summed E-state index contributed by atoms with van der Waals surface area (Å²) in [5.41, 5.74) is -0.726. The first kappa shape index (κ1) is 14.9. The number of nitro benzene ring substituents is 1.